The van der Waals surface area contributed by atoms with Gasteiger partial charge in [0.05, 0.1) is 33.7 Å². The van der Waals surface area contributed by atoms with Crippen LogP contribution in [0.3, 0.4) is 0 Å². The molecule has 0 aliphatic heterocycles. The summed E-state index contributed by atoms with van der Waals surface area (Å²) in [5, 5.41) is 42.0. The number of nitrogens with one attached hydrogen (secondary N) is 1. The molecule has 0 unspecified atom stereocenters. The fourth-order valence-electron chi connectivity index (χ4n) is 2.55. The summed E-state index contributed by atoms with van der Waals surface area (Å²) < 4.78 is 0. The van der Waals surface area contributed by atoms with Crippen molar-refractivity contribution < 1.29 is 25.2 Å². The molecule has 0 radical (unpaired) electrons. The molecule has 0 fully saturated rings. The Bertz CT molecular complexity index is 1060. The fourth-order valence-corrected chi connectivity index (χ4v) is 2.99. The summed E-state index contributed by atoms with van der Waals surface area (Å²) in [6, 6.07) is 8.17. The van der Waals surface area contributed by atoms with Crippen molar-refractivity contribution in [1.29, 1.82) is 0 Å². The maximum atomic E-state index is 12.4. The van der Waals surface area contributed by atoms with E-state index >= 15 is 0 Å². The average Bonchev–Trinajstić information content (AvgIpc) is 2.62. The summed E-state index contributed by atoms with van der Waals surface area (Å²) >= 11 is 12.1. The highest BCUT2D eigenvalue weighted by molar-refractivity contribution is 6.34. The number of aliphatic hydroxyl groups is 2. The second kappa shape index (κ2) is 7.93. The fraction of sp³-hybridized carbons (Fsp3) is 0.0526. The van der Waals surface area contributed by atoms with Crippen LogP contribution in [0.4, 0.5) is 11.4 Å². The van der Waals surface area contributed by atoms with Crippen molar-refractivity contribution in [2.45, 2.75) is 0 Å². The van der Waals surface area contributed by atoms with Crippen LogP contribution in [-0.4, -0.2) is 38.5 Å². The Morgan fingerprint density at radius 3 is 2.21 bits per heavy atom. The predicted octanol–water partition coefficient (Wildman–Crippen LogP) is 3.86. The van der Waals surface area contributed by atoms with E-state index in [0.717, 1.165) is 6.08 Å². The maximum absolute atomic E-state index is 12.4. The number of ketones is 1. The highest BCUT2D eigenvalue weighted by Gasteiger charge is 2.27. The lowest BCUT2D eigenvalue weighted by Crippen LogP contribution is -2.25. The van der Waals surface area contributed by atoms with Crippen molar-refractivity contribution in [3.8, 4) is 11.5 Å². The first-order chi connectivity index (χ1) is 13.3. The van der Waals surface area contributed by atoms with Crippen LogP contribution in [0, 0.1) is 0 Å². The molecule has 0 aromatic heterocycles. The van der Waals surface area contributed by atoms with E-state index in [2.05, 4.69) is 10.3 Å². The molecule has 9 heteroatoms. The SMILES string of the molecule is O=C1C=C(O)/C(=N\c2ccc(O)cc2Cl)C(CO)=C1Nc1ccc(O)cc1Cl. The highest BCUT2D eigenvalue weighted by Crippen LogP contribution is 2.32. The second-order valence-corrected chi connectivity index (χ2v) is 6.61. The number of allylic oxidation sites excluding steroid dienone is 2. The maximum Gasteiger partial charge on any atom is 0.206 e. The summed E-state index contributed by atoms with van der Waals surface area (Å²) in [6.45, 7) is -0.615. The van der Waals surface area contributed by atoms with Crippen LogP contribution in [0.15, 0.2) is 64.5 Å². The van der Waals surface area contributed by atoms with Gasteiger partial charge in [0.1, 0.15) is 23.0 Å². The van der Waals surface area contributed by atoms with Gasteiger partial charge in [0.15, 0.2) is 0 Å². The summed E-state index contributed by atoms with van der Waals surface area (Å²) in [5.74, 6) is -1.15. The van der Waals surface area contributed by atoms with Crippen LogP contribution in [-0.2, 0) is 4.79 Å². The van der Waals surface area contributed by atoms with Gasteiger partial charge < -0.3 is 25.7 Å². The Kier molecular flexibility index (Phi) is 5.60. The predicted molar refractivity (Wildman–Crippen MR) is 107 cm³/mol. The third-order valence-electron chi connectivity index (χ3n) is 3.88. The van der Waals surface area contributed by atoms with E-state index in [9.17, 15) is 25.2 Å². The lowest BCUT2D eigenvalue weighted by molar-refractivity contribution is -0.111. The van der Waals surface area contributed by atoms with Gasteiger partial charge in [-0.1, -0.05) is 23.2 Å². The molecule has 2 aromatic rings. The lowest BCUT2D eigenvalue weighted by Gasteiger charge is -2.20. The average molecular weight is 421 g/mol. The van der Waals surface area contributed by atoms with Crippen LogP contribution in [0.2, 0.25) is 10.0 Å². The number of hydrogen-bond acceptors (Lipinski definition) is 7. The number of anilines is 1. The molecule has 3 rings (SSSR count). The van der Waals surface area contributed by atoms with Gasteiger partial charge in [0.2, 0.25) is 5.78 Å². The number of carbonyl (C=O) groups excluding carboxylic acids is 1. The van der Waals surface area contributed by atoms with Crippen molar-refractivity contribution in [2.24, 2.45) is 4.99 Å². The summed E-state index contributed by atoms with van der Waals surface area (Å²) in [5.41, 5.74) is 0.453. The number of benzene rings is 2. The van der Waals surface area contributed by atoms with Gasteiger partial charge in [0, 0.05) is 23.8 Å². The Morgan fingerprint density at radius 1 is 0.964 bits per heavy atom. The van der Waals surface area contributed by atoms with E-state index in [4.69, 9.17) is 23.2 Å². The van der Waals surface area contributed by atoms with E-state index in [1.165, 1.54) is 36.4 Å². The van der Waals surface area contributed by atoms with E-state index in [-0.39, 0.29) is 44.2 Å². The van der Waals surface area contributed by atoms with Gasteiger partial charge in [-0.05, 0) is 24.3 Å². The third-order valence-corrected chi connectivity index (χ3v) is 4.49. The number of phenols is 2. The molecular weight excluding hydrogens is 407 g/mol. The number of aromatic hydroxyl groups is 2. The minimum Gasteiger partial charge on any atom is -0.508 e. The highest BCUT2D eigenvalue weighted by atomic mass is 35.5. The number of rotatable bonds is 4. The monoisotopic (exact) mass is 420 g/mol. The first-order valence-corrected chi connectivity index (χ1v) is 8.68. The topological polar surface area (TPSA) is 122 Å². The van der Waals surface area contributed by atoms with Crippen molar-refractivity contribution >= 4 is 46.1 Å². The van der Waals surface area contributed by atoms with Crippen molar-refractivity contribution in [3.05, 3.63) is 69.5 Å². The third kappa shape index (κ3) is 3.96. The Balaban J connectivity index is 2.10. The van der Waals surface area contributed by atoms with Gasteiger partial charge in [-0.25, -0.2) is 4.99 Å². The molecule has 7 nitrogen and oxygen atoms in total. The van der Waals surface area contributed by atoms with Crippen LogP contribution in [0.5, 0.6) is 11.5 Å². The van der Waals surface area contributed by atoms with Gasteiger partial charge in [-0.3, -0.25) is 4.79 Å². The second-order valence-electron chi connectivity index (χ2n) is 5.79. The van der Waals surface area contributed by atoms with Crippen LogP contribution < -0.4 is 5.32 Å². The van der Waals surface area contributed by atoms with Crippen LogP contribution in [0.25, 0.3) is 0 Å². The molecule has 0 spiro atoms. The molecule has 5 N–H and O–H groups in total. The summed E-state index contributed by atoms with van der Waals surface area (Å²) in [4.78, 5) is 16.6. The zero-order valence-electron chi connectivity index (χ0n) is 14.1. The van der Waals surface area contributed by atoms with E-state index < -0.39 is 18.1 Å². The minimum absolute atomic E-state index is 0.0262. The molecule has 0 saturated carbocycles. The molecule has 1 aliphatic carbocycles. The Labute approximate surface area is 169 Å². The van der Waals surface area contributed by atoms with E-state index in [0.29, 0.717) is 5.69 Å². The standard InChI is InChI=1S/C19H14Cl2N2O5/c20-12-5-9(25)1-3-14(12)22-18-11(8-24)19(17(28)7-16(18)27)23-15-4-2-10(26)6-13(15)21/h1-7,22,24-26,28H,8H2/b23-19-. The molecule has 0 amide bonds. The Hall–Kier alpha value is -3.00. The summed E-state index contributed by atoms with van der Waals surface area (Å²) in [7, 11) is 0. The van der Waals surface area contributed by atoms with E-state index in [1.54, 1.807) is 0 Å². The zero-order valence-corrected chi connectivity index (χ0v) is 15.7. The zero-order chi connectivity index (χ0) is 20.4. The molecule has 2 aromatic carbocycles. The lowest BCUT2D eigenvalue weighted by atomic mass is 9.97. The molecule has 28 heavy (non-hydrogen) atoms. The van der Waals surface area contributed by atoms with Gasteiger partial charge in [-0.2, -0.15) is 0 Å². The summed E-state index contributed by atoms with van der Waals surface area (Å²) in [6.07, 6.45) is 0.947. The number of aliphatic hydroxyl groups excluding tert-OH is 2. The molecular formula is C19H14Cl2N2O5. The van der Waals surface area contributed by atoms with Crippen LogP contribution >= 0.6 is 23.2 Å². The number of aliphatic imine (C=N–C) groups is 1. The number of carbonyl (C=O) groups is 1. The molecule has 0 saturated heterocycles. The van der Waals surface area contributed by atoms with Gasteiger partial charge in [0.25, 0.3) is 0 Å². The van der Waals surface area contributed by atoms with Gasteiger partial charge >= 0.3 is 0 Å². The molecule has 0 bridgehead atoms. The first-order valence-electron chi connectivity index (χ1n) is 7.92. The number of halogens is 2. The quantitative estimate of drug-likeness (QED) is 0.378. The molecule has 0 atom stereocenters. The van der Waals surface area contributed by atoms with E-state index in [1.807, 2.05) is 0 Å². The number of nitrogens with zero attached hydrogens (tertiary/aromatic N) is 1. The normalized spacial score (nSPS) is 15.8. The molecule has 144 valence electrons. The van der Waals surface area contributed by atoms with Crippen molar-refractivity contribution in [1.82, 2.24) is 0 Å². The first kappa shape index (κ1) is 19.8. The number of hydrogen-bond donors (Lipinski definition) is 5. The van der Waals surface area contributed by atoms with Gasteiger partial charge in [-0.15, -0.1) is 0 Å². The molecule has 0 heterocycles. The van der Waals surface area contributed by atoms with Crippen molar-refractivity contribution in [3.63, 3.8) is 0 Å². The number of phenolic OH excluding ortho intramolecular Hbond substituents is 2. The largest absolute Gasteiger partial charge is 0.508 e. The molecule has 1 aliphatic rings. The smallest absolute Gasteiger partial charge is 0.206 e. The minimum atomic E-state index is -0.615. The van der Waals surface area contributed by atoms with Crippen molar-refractivity contribution in [2.75, 3.05) is 11.9 Å². The van der Waals surface area contributed by atoms with Crippen LogP contribution in [0.1, 0.15) is 0 Å². The Morgan fingerprint density at radius 2 is 1.61 bits per heavy atom.